The number of aromatic nitrogens is 4. The number of amides is 1. The molecule has 1 fully saturated rings. The van der Waals surface area contributed by atoms with Gasteiger partial charge in [-0.1, -0.05) is 42.5 Å². The maximum Gasteiger partial charge on any atom is 0.238 e. The number of para-hydroxylation sites is 2. The molecule has 5 aromatic rings. The maximum atomic E-state index is 12.7. The summed E-state index contributed by atoms with van der Waals surface area (Å²) >= 11 is 5.20. The molecule has 3 aromatic carbocycles. The van der Waals surface area contributed by atoms with Crippen molar-refractivity contribution in [3.63, 3.8) is 0 Å². The first kappa shape index (κ1) is 21.1. The Morgan fingerprint density at radius 3 is 2.68 bits per heavy atom. The van der Waals surface area contributed by atoms with Crippen molar-refractivity contribution in [2.45, 2.75) is 12.0 Å². The molecule has 168 valence electrons. The third-order valence-electron chi connectivity index (χ3n) is 5.79. The van der Waals surface area contributed by atoms with Crippen molar-refractivity contribution in [1.82, 2.24) is 20.0 Å². The number of carbonyl (C=O) groups is 1. The fourth-order valence-electron chi connectivity index (χ4n) is 4.18. The smallest absolute Gasteiger partial charge is 0.238 e. The van der Waals surface area contributed by atoms with Gasteiger partial charge in [0, 0.05) is 15.4 Å². The Hall–Kier alpha value is -3.43. The summed E-state index contributed by atoms with van der Waals surface area (Å²) < 4.78 is 8.73. The van der Waals surface area contributed by atoms with E-state index in [4.69, 9.17) is 4.74 Å². The van der Waals surface area contributed by atoms with E-state index in [0.717, 1.165) is 37.9 Å². The third-order valence-corrected chi connectivity index (χ3v) is 7.67. The van der Waals surface area contributed by atoms with Gasteiger partial charge >= 0.3 is 0 Å². The SMILES string of the molecule is O=C1CSC(c2ccc(OCc3cc4ccccc4n4nnnc34)cc2)N1c1ccccc1Br. The summed E-state index contributed by atoms with van der Waals surface area (Å²) in [5, 5.41) is 13.1. The molecule has 1 aliphatic rings. The molecule has 0 radical (unpaired) electrons. The lowest BCUT2D eigenvalue weighted by Gasteiger charge is -2.25. The molecular formula is C25H18BrN5O2S. The van der Waals surface area contributed by atoms with E-state index in [1.165, 1.54) is 0 Å². The van der Waals surface area contributed by atoms with Crippen LogP contribution >= 0.6 is 27.7 Å². The fourth-order valence-corrected chi connectivity index (χ4v) is 5.82. The van der Waals surface area contributed by atoms with E-state index in [9.17, 15) is 4.79 Å². The minimum Gasteiger partial charge on any atom is -0.489 e. The number of nitrogens with zero attached hydrogens (tertiary/aromatic N) is 5. The molecule has 1 amide bonds. The average Bonchev–Trinajstić information content (AvgIpc) is 3.51. The lowest BCUT2D eigenvalue weighted by molar-refractivity contribution is -0.115. The van der Waals surface area contributed by atoms with E-state index in [1.54, 1.807) is 16.3 Å². The first-order chi connectivity index (χ1) is 16.7. The number of benzene rings is 3. The van der Waals surface area contributed by atoms with Crippen molar-refractivity contribution in [2.75, 3.05) is 10.7 Å². The van der Waals surface area contributed by atoms with Crippen LogP contribution in [0.1, 0.15) is 16.5 Å². The highest BCUT2D eigenvalue weighted by Gasteiger charge is 2.34. The summed E-state index contributed by atoms with van der Waals surface area (Å²) in [6.45, 7) is 0.341. The Morgan fingerprint density at radius 2 is 1.82 bits per heavy atom. The topological polar surface area (TPSA) is 72.6 Å². The van der Waals surface area contributed by atoms with Crippen LogP contribution in [-0.4, -0.2) is 31.7 Å². The third kappa shape index (κ3) is 3.70. The van der Waals surface area contributed by atoms with Crippen LogP contribution in [0.25, 0.3) is 16.6 Å². The van der Waals surface area contributed by atoms with Gasteiger partial charge in [0.15, 0.2) is 5.65 Å². The van der Waals surface area contributed by atoms with E-state index < -0.39 is 0 Å². The van der Waals surface area contributed by atoms with Gasteiger partial charge in [0.1, 0.15) is 17.7 Å². The molecule has 6 rings (SSSR count). The number of thioether (sulfide) groups is 1. The van der Waals surface area contributed by atoms with Crippen LogP contribution in [0.2, 0.25) is 0 Å². The number of halogens is 1. The molecule has 0 bridgehead atoms. The number of tetrazole rings is 1. The second-order valence-corrected chi connectivity index (χ2v) is 9.80. The van der Waals surface area contributed by atoms with Crippen molar-refractivity contribution in [2.24, 2.45) is 0 Å². The lowest BCUT2D eigenvalue weighted by Crippen LogP contribution is -2.28. The number of hydrogen-bond acceptors (Lipinski definition) is 6. The molecule has 0 N–H and O–H groups in total. The number of ether oxygens (including phenoxy) is 1. The van der Waals surface area contributed by atoms with Crippen molar-refractivity contribution < 1.29 is 9.53 Å². The van der Waals surface area contributed by atoms with E-state index in [-0.39, 0.29) is 11.3 Å². The fraction of sp³-hybridized carbons (Fsp3) is 0.120. The van der Waals surface area contributed by atoms with E-state index in [2.05, 4.69) is 37.5 Å². The second kappa shape index (κ2) is 8.73. The van der Waals surface area contributed by atoms with Crippen LogP contribution in [0, 0.1) is 0 Å². The molecule has 0 spiro atoms. The van der Waals surface area contributed by atoms with Gasteiger partial charge in [-0.15, -0.1) is 16.9 Å². The molecule has 34 heavy (non-hydrogen) atoms. The molecule has 3 heterocycles. The monoisotopic (exact) mass is 531 g/mol. The molecule has 2 aromatic heterocycles. The molecule has 1 aliphatic heterocycles. The normalized spacial score (nSPS) is 16.0. The van der Waals surface area contributed by atoms with Crippen molar-refractivity contribution in [1.29, 1.82) is 0 Å². The minimum atomic E-state index is -0.0811. The maximum absolute atomic E-state index is 12.7. The Morgan fingerprint density at radius 1 is 1.03 bits per heavy atom. The van der Waals surface area contributed by atoms with Gasteiger partial charge in [0.25, 0.3) is 0 Å². The van der Waals surface area contributed by atoms with Crippen LogP contribution < -0.4 is 9.64 Å². The van der Waals surface area contributed by atoms with Crippen LogP contribution in [0.15, 0.2) is 83.3 Å². The largest absolute Gasteiger partial charge is 0.489 e. The van der Waals surface area contributed by atoms with Crippen LogP contribution in [0.3, 0.4) is 0 Å². The zero-order valence-corrected chi connectivity index (χ0v) is 20.2. The number of anilines is 1. The number of fused-ring (bicyclic) bond motifs is 3. The molecule has 1 atom stereocenters. The average molecular weight is 532 g/mol. The van der Waals surface area contributed by atoms with Gasteiger partial charge in [-0.25, -0.2) is 0 Å². The summed E-state index contributed by atoms with van der Waals surface area (Å²) in [6, 6.07) is 25.8. The second-order valence-electron chi connectivity index (χ2n) is 7.88. The Labute approximate surface area is 207 Å². The summed E-state index contributed by atoms with van der Waals surface area (Å²) in [6.07, 6.45) is 0. The molecular weight excluding hydrogens is 514 g/mol. The van der Waals surface area contributed by atoms with E-state index in [1.807, 2.05) is 77.7 Å². The van der Waals surface area contributed by atoms with Crippen molar-refractivity contribution >= 4 is 55.8 Å². The van der Waals surface area contributed by atoms with Crippen LogP contribution in [-0.2, 0) is 11.4 Å². The highest BCUT2D eigenvalue weighted by Crippen LogP contribution is 2.44. The van der Waals surface area contributed by atoms with Gasteiger partial charge in [-0.05, 0) is 68.3 Å². The number of pyridine rings is 1. The van der Waals surface area contributed by atoms with Gasteiger partial charge in [-0.2, -0.15) is 4.52 Å². The molecule has 0 saturated carbocycles. The minimum absolute atomic E-state index is 0.0811. The molecule has 9 heteroatoms. The number of rotatable bonds is 5. The lowest BCUT2D eigenvalue weighted by atomic mass is 10.1. The van der Waals surface area contributed by atoms with Gasteiger partial charge in [0.2, 0.25) is 5.91 Å². The predicted octanol–water partition coefficient (Wildman–Crippen LogP) is 5.40. The van der Waals surface area contributed by atoms with E-state index >= 15 is 0 Å². The van der Waals surface area contributed by atoms with Gasteiger partial charge in [0.05, 0.1) is 17.0 Å². The highest BCUT2D eigenvalue weighted by molar-refractivity contribution is 9.10. The highest BCUT2D eigenvalue weighted by atomic mass is 79.9. The Bertz CT molecular complexity index is 1520. The van der Waals surface area contributed by atoms with Gasteiger partial charge < -0.3 is 4.74 Å². The summed E-state index contributed by atoms with van der Waals surface area (Å²) in [5.41, 5.74) is 4.47. The summed E-state index contributed by atoms with van der Waals surface area (Å²) in [5.74, 6) is 1.29. The Balaban J connectivity index is 1.23. The predicted molar refractivity (Wildman–Crippen MR) is 136 cm³/mol. The van der Waals surface area contributed by atoms with Crippen molar-refractivity contribution in [3.8, 4) is 5.75 Å². The molecule has 1 unspecified atom stereocenters. The standard InChI is InChI=1S/C25H18BrN5O2S/c26-20-6-2-4-8-22(20)30-23(32)15-34-25(30)16-9-11-19(12-10-16)33-14-18-13-17-5-1-3-7-21(17)31-24(18)27-28-29-31/h1-13,25H,14-15H2. The Kier molecular flexibility index (Phi) is 5.43. The first-order valence-electron chi connectivity index (χ1n) is 10.7. The first-order valence-corrected chi connectivity index (χ1v) is 12.5. The quantitative estimate of drug-likeness (QED) is 0.302. The molecule has 7 nitrogen and oxygen atoms in total. The number of carbonyl (C=O) groups excluding carboxylic acids is 1. The van der Waals surface area contributed by atoms with Crippen LogP contribution in [0.4, 0.5) is 5.69 Å². The molecule has 1 saturated heterocycles. The molecule has 0 aliphatic carbocycles. The van der Waals surface area contributed by atoms with Crippen molar-refractivity contribution in [3.05, 3.63) is 94.5 Å². The number of hydrogen-bond donors (Lipinski definition) is 0. The summed E-state index contributed by atoms with van der Waals surface area (Å²) in [7, 11) is 0. The van der Waals surface area contributed by atoms with E-state index in [0.29, 0.717) is 18.0 Å². The summed E-state index contributed by atoms with van der Waals surface area (Å²) in [4.78, 5) is 14.5. The van der Waals surface area contributed by atoms with Gasteiger partial charge in [-0.3, -0.25) is 9.69 Å². The van der Waals surface area contributed by atoms with Crippen LogP contribution in [0.5, 0.6) is 5.75 Å². The zero-order valence-electron chi connectivity index (χ0n) is 17.8. The zero-order chi connectivity index (χ0) is 23.1.